The molecule has 0 radical (unpaired) electrons. The predicted molar refractivity (Wildman–Crippen MR) is 63.3 cm³/mol. The van der Waals surface area contributed by atoms with E-state index in [2.05, 4.69) is 5.32 Å². The first-order valence-corrected chi connectivity index (χ1v) is 5.09. The highest BCUT2D eigenvalue weighted by Gasteiger charge is 2.16. The molecule has 5 heteroatoms. The largest absolute Gasteiger partial charge is 0.454 e. The number of ether oxygens (including phenoxy) is 2. The molecule has 1 unspecified atom stereocenters. The topological polar surface area (TPSA) is 50.7 Å². The monoisotopic (exact) mass is 245 g/mol. The fraction of sp³-hybridized carbons (Fsp3) is 0.455. The Hall–Kier alpha value is -0.970. The van der Waals surface area contributed by atoms with Crippen LogP contribution in [-0.4, -0.2) is 25.0 Å². The summed E-state index contributed by atoms with van der Waals surface area (Å²) in [6.45, 7) is 3.67. The third-order valence-corrected chi connectivity index (χ3v) is 2.37. The van der Waals surface area contributed by atoms with Gasteiger partial charge >= 0.3 is 0 Å². The summed E-state index contributed by atoms with van der Waals surface area (Å²) in [4.78, 5) is 0. The molecule has 1 aromatic rings. The number of fused-ring (bicyclic) bond motifs is 1. The Balaban J connectivity index is 0.00000128. The number of aliphatic hydroxyl groups is 1. The van der Waals surface area contributed by atoms with Gasteiger partial charge in [0.25, 0.3) is 0 Å². The van der Waals surface area contributed by atoms with Crippen LogP contribution in [0.5, 0.6) is 11.5 Å². The molecule has 2 N–H and O–H groups in total. The molecule has 0 aliphatic carbocycles. The summed E-state index contributed by atoms with van der Waals surface area (Å²) in [5.74, 6) is 1.46. The van der Waals surface area contributed by atoms with E-state index < -0.39 is 6.10 Å². The molecule has 0 aromatic heterocycles. The second-order valence-electron chi connectivity index (χ2n) is 3.44. The van der Waals surface area contributed by atoms with E-state index in [0.717, 1.165) is 17.9 Å². The zero-order valence-corrected chi connectivity index (χ0v) is 9.92. The van der Waals surface area contributed by atoms with Crippen LogP contribution in [0.3, 0.4) is 0 Å². The Bertz CT molecular complexity index is 346. The zero-order valence-electron chi connectivity index (χ0n) is 9.10. The third-order valence-electron chi connectivity index (χ3n) is 2.37. The molecule has 0 bridgehead atoms. The van der Waals surface area contributed by atoms with Gasteiger partial charge in [-0.25, -0.2) is 0 Å². The van der Waals surface area contributed by atoms with E-state index in [1.165, 1.54) is 0 Å². The lowest BCUT2D eigenvalue weighted by Crippen LogP contribution is -2.20. The maximum atomic E-state index is 9.82. The molecule has 2 rings (SSSR count). The first kappa shape index (κ1) is 13.1. The molecule has 90 valence electrons. The Kier molecular flexibility index (Phi) is 4.86. The molecule has 1 aliphatic heterocycles. The Labute approximate surface area is 101 Å². The van der Waals surface area contributed by atoms with Crippen LogP contribution in [0.4, 0.5) is 0 Å². The van der Waals surface area contributed by atoms with Crippen LogP contribution in [0.15, 0.2) is 18.2 Å². The van der Waals surface area contributed by atoms with Crippen LogP contribution in [0.1, 0.15) is 18.6 Å². The summed E-state index contributed by atoms with van der Waals surface area (Å²) < 4.78 is 10.4. The second kappa shape index (κ2) is 5.94. The van der Waals surface area contributed by atoms with Gasteiger partial charge in [-0.1, -0.05) is 13.0 Å². The molecular formula is C11H16ClNO3. The molecule has 4 nitrogen and oxygen atoms in total. The lowest BCUT2D eigenvalue weighted by atomic mass is 10.1. The van der Waals surface area contributed by atoms with Crippen molar-refractivity contribution in [2.24, 2.45) is 0 Å². The minimum Gasteiger partial charge on any atom is -0.454 e. The number of hydrogen-bond acceptors (Lipinski definition) is 4. The van der Waals surface area contributed by atoms with Crippen LogP contribution in [0.25, 0.3) is 0 Å². The van der Waals surface area contributed by atoms with Crippen LogP contribution in [0, 0.1) is 0 Å². The summed E-state index contributed by atoms with van der Waals surface area (Å²) in [7, 11) is 0. The van der Waals surface area contributed by atoms with Crippen LogP contribution in [0.2, 0.25) is 0 Å². The maximum Gasteiger partial charge on any atom is 0.231 e. The highest BCUT2D eigenvalue weighted by Crippen LogP contribution is 2.33. The Morgan fingerprint density at radius 3 is 2.88 bits per heavy atom. The van der Waals surface area contributed by atoms with Crippen molar-refractivity contribution >= 4 is 12.4 Å². The van der Waals surface area contributed by atoms with E-state index in [-0.39, 0.29) is 19.2 Å². The zero-order chi connectivity index (χ0) is 10.7. The average Bonchev–Trinajstić information content (AvgIpc) is 2.72. The highest BCUT2D eigenvalue weighted by atomic mass is 35.5. The normalized spacial score (nSPS) is 14.4. The summed E-state index contributed by atoms with van der Waals surface area (Å²) in [5.41, 5.74) is 0.847. The second-order valence-corrected chi connectivity index (χ2v) is 3.44. The quantitative estimate of drug-likeness (QED) is 0.844. The molecule has 16 heavy (non-hydrogen) atoms. The van der Waals surface area contributed by atoms with E-state index in [0.29, 0.717) is 12.3 Å². The van der Waals surface area contributed by atoms with Crippen LogP contribution >= 0.6 is 12.4 Å². The van der Waals surface area contributed by atoms with Crippen molar-refractivity contribution in [2.45, 2.75) is 13.0 Å². The molecule has 0 spiro atoms. The van der Waals surface area contributed by atoms with E-state index in [4.69, 9.17) is 9.47 Å². The number of nitrogens with one attached hydrogen (secondary N) is 1. The van der Waals surface area contributed by atoms with Gasteiger partial charge in [0.05, 0.1) is 6.10 Å². The van der Waals surface area contributed by atoms with Crippen molar-refractivity contribution < 1.29 is 14.6 Å². The standard InChI is InChI=1S/C11H15NO3.ClH/c1-2-12-6-9(13)8-3-4-10-11(5-8)15-7-14-10;/h3-5,9,12-13H,2,6-7H2,1H3;1H. The summed E-state index contributed by atoms with van der Waals surface area (Å²) in [5, 5.41) is 12.9. The predicted octanol–water partition coefficient (Wildman–Crippen LogP) is 1.48. The van der Waals surface area contributed by atoms with Gasteiger partial charge in [-0.05, 0) is 24.2 Å². The molecule has 0 saturated carbocycles. The summed E-state index contributed by atoms with van der Waals surface area (Å²) in [6, 6.07) is 5.51. The van der Waals surface area contributed by atoms with Gasteiger partial charge in [0, 0.05) is 6.54 Å². The third kappa shape index (κ3) is 2.78. The molecule has 1 heterocycles. The van der Waals surface area contributed by atoms with Crippen molar-refractivity contribution in [3.8, 4) is 11.5 Å². The van der Waals surface area contributed by atoms with E-state index in [9.17, 15) is 5.11 Å². The van der Waals surface area contributed by atoms with Crippen molar-refractivity contribution in [3.05, 3.63) is 23.8 Å². The van der Waals surface area contributed by atoms with Gasteiger partial charge in [-0.2, -0.15) is 0 Å². The van der Waals surface area contributed by atoms with E-state index in [1.54, 1.807) is 0 Å². The van der Waals surface area contributed by atoms with Gasteiger partial charge in [-0.3, -0.25) is 0 Å². The number of halogens is 1. The number of likely N-dealkylation sites (N-methyl/N-ethyl adjacent to an activating group) is 1. The Morgan fingerprint density at radius 1 is 1.38 bits per heavy atom. The first-order chi connectivity index (χ1) is 7.31. The fourth-order valence-corrected chi connectivity index (χ4v) is 1.52. The lowest BCUT2D eigenvalue weighted by molar-refractivity contribution is 0.170. The van der Waals surface area contributed by atoms with Crippen molar-refractivity contribution in [2.75, 3.05) is 19.9 Å². The summed E-state index contributed by atoms with van der Waals surface area (Å²) in [6.07, 6.45) is -0.501. The first-order valence-electron chi connectivity index (χ1n) is 5.09. The number of hydrogen-bond donors (Lipinski definition) is 2. The number of rotatable bonds is 4. The molecule has 0 fully saturated rings. The maximum absolute atomic E-state index is 9.82. The van der Waals surface area contributed by atoms with Crippen molar-refractivity contribution in [1.29, 1.82) is 0 Å². The molecule has 1 aromatic carbocycles. The van der Waals surface area contributed by atoms with Gasteiger partial charge in [0.2, 0.25) is 6.79 Å². The van der Waals surface area contributed by atoms with Gasteiger partial charge in [-0.15, -0.1) is 12.4 Å². The van der Waals surface area contributed by atoms with Crippen LogP contribution in [-0.2, 0) is 0 Å². The SMILES string of the molecule is CCNCC(O)c1ccc2c(c1)OCO2.Cl. The molecular weight excluding hydrogens is 230 g/mol. The molecule has 1 atom stereocenters. The van der Waals surface area contributed by atoms with E-state index >= 15 is 0 Å². The lowest BCUT2D eigenvalue weighted by Gasteiger charge is -2.11. The van der Waals surface area contributed by atoms with Gasteiger partial charge < -0.3 is 19.9 Å². The number of benzene rings is 1. The Morgan fingerprint density at radius 2 is 2.12 bits per heavy atom. The van der Waals surface area contributed by atoms with Crippen molar-refractivity contribution in [1.82, 2.24) is 5.32 Å². The smallest absolute Gasteiger partial charge is 0.231 e. The van der Waals surface area contributed by atoms with Gasteiger partial charge in [0.1, 0.15) is 0 Å². The summed E-state index contributed by atoms with van der Waals surface area (Å²) >= 11 is 0. The van der Waals surface area contributed by atoms with Gasteiger partial charge in [0.15, 0.2) is 11.5 Å². The number of aliphatic hydroxyl groups excluding tert-OH is 1. The minimum atomic E-state index is -0.501. The molecule has 0 amide bonds. The van der Waals surface area contributed by atoms with Crippen LogP contribution < -0.4 is 14.8 Å². The average molecular weight is 246 g/mol. The van der Waals surface area contributed by atoms with Crippen molar-refractivity contribution in [3.63, 3.8) is 0 Å². The fourth-order valence-electron chi connectivity index (χ4n) is 1.52. The molecule has 1 aliphatic rings. The van der Waals surface area contributed by atoms with E-state index in [1.807, 2.05) is 25.1 Å². The minimum absolute atomic E-state index is 0. The highest BCUT2D eigenvalue weighted by molar-refractivity contribution is 5.85. The molecule has 0 saturated heterocycles.